The first-order valence-electron chi connectivity index (χ1n) is 7.55. The van der Waals surface area contributed by atoms with Gasteiger partial charge in [-0.2, -0.15) is 5.10 Å². The van der Waals surface area contributed by atoms with Crippen LogP contribution < -0.4 is 11.3 Å². The highest BCUT2D eigenvalue weighted by atomic mass is 15.3. The van der Waals surface area contributed by atoms with E-state index in [1.54, 1.807) is 0 Å². The van der Waals surface area contributed by atoms with Gasteiger partial charge >= 0.3 is 0 Å². The summed E-state index contributed by atoms with van der Waals surface area (Å²) < 4.78 is 1.97. The van der Waals surface area contributed by atoms with Crippen LogP contribution in [0.5, 0.6) is 0 Å². The number of nitrogens with one attached hydrogen (secondary N) is 1. The number of aryl methyl sites for hydroxylation is 2. The first kappa shape index (κ1) is 16.2. The van der Waals surface area contributed by atoms with Crippen LogP contribution in [0.1, 0.15) is 62.4 Å². The van der Waals surface area contributed by atoms with Crippen LogP contribution in [0.2, 0.25) is 0 Å². The molecule has 0 aromatic carbocycles. The minimum absolute atomic E-state index is 0.427. The van der Waals surface area contributed by atoms with Crippen molar-refractivity contribution in [2.45, 2.75) is 71.8 Å². The zero-order chi connectivity index (χ0) is 14.3. The summed E-state index contributed by atoms with van der Waals surface area (Å²) in [7, 11) is 2.01. The Morgan fingerprint density at radius 3 is 2.47 bits per heavy atom. The van der Waals surface area contributed by atoms with Gasteiger partial charge in [-0.05, 0) is 38.7 Å². The maximum atomic E-state index is 5.66. The maximum Gasteiger partial charge on any atom is 0.0628 e. The molecule has 0 fully saturated rings. The number of aromatic nitrogens is 2. The second-order valence-corrected chi connectivity index (χ2v) is 5.52. The Morgan fingerprint density at radius 2 is 1.95 bits per heavy atom. The standard InChI is InChI=1S/C15H30N4/c1-5-6-7-8-9-14(17-16)10-11-15-12(2)18-19(4)13(15)3/h14,17H,5-11,16H2,1-4H3. The van der Waals surface area contributed by atoms with Crippen molar-refractivity contribution in [3.8, 4) is 0 Å². The average Bonchev–Trinajstić information content (AvgIpc) is 2.63. The van der Waals surface area contributed by atoms with E-state index >= 15 is 0 Å². The summed E-state index contributed by atoms with van der Waals surface area (Å²) >= 11 is 0. The summed E-state index contributed by atoms with van der Waals surface area (Å²) in [5.74, 6) is 5.66. The lowest BCUT2D eigenvalue weighted by atomic mass is 9.99. The minimum Gasteiger partial charge on any atom is -0.272 e. The fourth-order valence-corrected chi connectivity index (χ4v) is 2.63. The van der Waals surface area contributed by atoms with Crippen LogP contribution in [-0.2, 0) is 13.5 Å². The molecule has 0 bridgehead atoms. The molecule has 0 saturated heterocycles. The monoisotopic (exact) mass is 266 g/mol. The predicted octanol–water partition coefficient (Wildman–Crippen LogP) is 2.77. The quantitative estimate of drug-likeness (QED) is 0.410. The number of rotatable bonds is 9. The Bertz CT molecular complexity index is 370. The van der Waals surface area contributed by atoms with Crippen LogP contribution in [-0.4, -0.2) is 15.8 Å². The van der Waals surface area contributed by atoms with Gasteiger partial charge in [-0.3, -0.25) is 16.0 Å². The molecule has 3 N–H and O–H groups in total. The molecule has 0 aliphatic heterocycles. The largest absolute Gasteiger partial charge is 0.272 e. The zero-order valence-corrected chi connectivity index (χ0v) is 13.0. The number of nitrogens with zero attached hydrogens (tertiary/aromatic N) is 2. The van der Waals surface area contributed by atoms with Crippen molar-refractivity contribution in [3.63, 3.8) is 0 Å². The molecule has 0 amide bonds. The van der Waals surface area contributed by atoms with E-state index in [0.29, 0.717) is 6.04 Å². The second kappa shape index (κ2) is 8.33. The second-order valence-electron chi connectivity index (χ2n) is 5.52. The first-order chi connectivity index (χ1) is 9.10. The van der Waals surface area contributed by atoms with E-state index in [0.717, 1.165) is 18.5 Å². The van der Waals surface area contributed by atoms with Crippen LogP contribution in [0.3, 0.4) is 0 Å². The lowest BCUT2D eigenvalue weighted by Crippen LogP contribution is -2.35. The lowest BCUT2D eigenvalue weighted by Gasteiger charge is -2.15. The van der Waals surface area contributed by atoms with Crippen molar-refractivity contribution in [1.29, 1.82) is 0 Å². The highest BCUT2D eigenvalue weighted by Crippen LogP contribution is 2.16. The minimum atomic E-state index is 0.427. The van der Waals surface area contributed by atoms with E-state index < -0.39 is 0 Å². The lowest BCUT2D eigenvalue weighted by molar-refractivity contribution is 0.440. The molecule has 4 nitrogen and oxygen atoms in total. The normalized spacial score (nSPS) is 12.9. The van der Waals surface area contributed by atoms with E-state index in [-0.39, 0.29) is 0 Å². The highest BCUT2D eigenvalue weighted by Gasteiger charge is 2.12. The Morgan fingerprint density at radius 1 is 1.21 bits per heavy atom. The van der Waals surface area contributed by atoms with E-state index in [2.05, 4.69) is 31.3 Å². The smallest absolute Gasteiger partial charge is 0.0628 e. The Labute approximate surface area is 117 Å². The molecule has 110 valence electrons. The fourth-order valence-electron chi connectivity index (χ4n) is 2.63. The molecule has 1 rings (SSSR count). The Kier molecular flexibility index (Phi) is 7.10. The first-order valence-corrected chi connectivity index (χ1v) is 7.55. The third-order valence-corrected chi connectivity index (χ3v) is 4.04. The van der Waals surface area contributed by atoms with Gasteiger partial charge in [-0.25, -0.2) is 0 Å². The summed E-state index contributed by atoms with van der Waals surface area (Å²) in [6.45, 7) is 6.47. The summed E-state index contributed by atoms with van der Waals surface area (Å²) in [6.07, 6.45) is 8.54. The fraction of sp³-hybridized carbons (Fsp3) is 0.800. The predicted molar refractivity (Wildman–Crippen MR) is 80.9 cm³/mol. The van der Waals surface area contributed by atoms with Crippen LogP contribution in [0, 0.1) is 13.8 Å². The Balaban J connectivity index is 2.40. The van der Waals surface area contributed by atoms with Crippen LogP contribution in [0.4, 0.5) is 0 Å². The number of nitrogens with two attached hydrogens (primary N) is 1. The molecule has 4 heteroatoms. The van der Waals surface area contributed by atoms with Gasteiger partial charge in [0.25, 0.3) is 0 Å². The van der Waals surface area contributed by atoms with Gasteiger partial charge < -0.3 is 0 Å². The van der Waals surface area contributed by atoms with Gasteiger partial charge in [0, 0.05) is 18.8 Å². The molecule has 0 saturated carbocycles. The molecule has 1 unspecified atom stereocenters. The third kappa shape index (κ3) is 4.96. The van der Waals surface area contributed by atoms with Gasteiger partial charge in [0.1, 0.15) is 0 Å². The Hall–Kier alpha value is -0.870. The summed E-state index contributed by atoms with van der Waals surface area (Å²) in [5, 5.41) is 4.47. The van der Waals surface area contributed by atoms with Crippen LogP contribution >= 0.6 is 0 Å². The van der Waals surface area contributed by atoms with Gasteiger partial charge in [-0.1, -0.05) is 32.6 Å². The van der Waals surface area contributed by atoms with Crippen molar-refractivity contribution in [2.24, 2.45) is 12.9 Å². The van der Waals surface area contributed by atoms with E-state index in [4.69, 9.17) is 5.84 Å². The molecule has 0 aliphatic rings. The third-order valence-electron chi connectivity index (χ3n) is 4.04. The molecule has 0 spiro atoms. The summed E-state index contributed by atoms with van der Waals surface area (Å²) in [6, 6.07) is 0.427. The van der Waals surface area contributed by atoms with Crippen LogP contribution in [0.15, 0.2) is 0 Å². The average molecular weight is 266 g/mol. The number of hydrazine groups is 1. The highest BCUT2D eigenvalue weighted by molar-refractivity contribution is 5.24. The molecule has 1 aromatic rings. The van der Waals surface area contributed by atoms with E-state index in [9.17, 15) is 0 Å². The topological polar surface area (TPSA) is 55.9 Å². The number of hydrogen-bond acceptors (Lipinski definition) is 3. The van der Waals surface area contributed by atoms with Crippen molar-refractivity contribution in [1.82, 2.24) is 15.2 Å². The number of unbranched alkanes of at least 4 members (excludes halogenated alkanes) is 3. The molecule has 1 atom stereocenters. The van der Waals surface area contributed by atoms with Gasteiger partial charge in [0.05, 0.1) is 5.69 Å². The van der Waals surface area contributed by atoms with Crippen molar-refractivity contribution < 1.29 is 0 Å². The van der Waals surface area contributed by atoms with Crippen molar-refractivity contribution in [2.75, 3.05) is 0 Å². The summed E-state index contributed by atoms with van der Waals surface area (Å²) in [4.78, 5) is 0. The molecular formula is C15H30N4. The van der Waals surface area contributed by atoms with E-state index in [1.165, 1.54) is 43.4 Å². The molecule has 1 heterocycles. The molecule has 19 heavy (non-hydrogen) atoms. The van der Waals surface area contributed by atoms with E-state index in [1.807, 2.05) is 11.7 Å². The molecular weight excluding hydrogens is 236 g/mol. The molecule has 0 aliphatic carbocycles. The zero-order valence-electron chi connectivity index (χ0n) is 13.0. The summed E-state index contributed by atoms with van der Waals surface area (Å²) in [5.41, 5.74) is 6.78. The van der Waals surface area contributed by atoms with Crippen molar-refractivity contribution >= 4 is 0 Å². The van der Waals surface area contributed by atoms with Crippen LogP contribution in [0.25, 0.3) is 0 Å². The van der Waals surface area contributed by atoms with Gasteiger partial charge in [0.15, 0.2) is 0 Å². The van der Waals surface area contributed by atoms with Crippen molar-refractivity contribution in [3.05, 3.63) is 17.0 Å². The molecule has 0 radical (unpaired) electrons. The van der Waals surface area contributed by atoms with Gasteiger partial charge in [-0.15, -0.1) is 0 Å². The maximum absolute atomic E-state index is 5.66. The molecule has 1 aromatic heterocycles. The van der Waals surface area contributed by atoms with Gasteiger partial charge in [0.2, 0.25) is 0 Å². The number of hydrogen-bond donors (Lipinski definition) is 2. The SMILES string of the molecule is CCCCCCC(CCc1c(C)nn(C)c1C)NN.